The zero-order chi connectivity index (χ0) is 21.0. The number of rotatable bonds is 6. The molecule has 1 heterocycles. The van der Waals surface area contributed by atoms with Gasteiger partial charge in [-0.15, -0.1) is 0 Å². The van der Waals surface area contributed by atoms with Gasteiger partial charge in [0.25, 0.3) is 5.56 Å². The molecule has 29 heavy (non-hydrogen) atoms. The Bertz CT molecular complexity index is 1100. The summed E-state index contributed by atoms with van der Waals surface area (Å²) in [4.78, 5) is 27.5. The number of hydrogen-bond acceptors (Lipinski definition) is 4. The van der Waals surface area contributed by atoms with Crippen molar-refractivity contribution in [3.05, 3.63) is 64.7 Å². The number of aryl methyl sites for hydroxylation is 1. The van der Waals surface area contributed by atoms with Crippen molar-refractivity contribution in [3.63, 3.8) is 0 Å². The lowest BCUT2D eigenvalue weighted by molar-refractivity contribution is -0.139. The molecule has 0 spiro atoms. The summed E-state index contributed by atoms with van der Waals surface area (Å²) in [7, 11) is 0. The van der Waals surface area contributed by atoms with Crippen molar-refractivity contribution in [1.82, 2.24) is 9.55 Å². The molecule has 152 valence electrons. The molecule has 0 bridgehead atoms. The zero-order valence-corrected chi connectivity index (χ0v) is 14.9. The van der Waals surface area contributed by atoms with E-state index in [0.717, 1.165) is 6.07 Å². The van der Waals surface area contributed by atoms with Gasteiger partial charge >= 0.3 is 12.3 Å². The normalized spacial score (nSPS) is 11.4. The molecule has 0 saturated heterocycles. The molecule has 0 aliphatic carbocycles. The van der Waals surface area contributed by atoms with Crippen LogP contribution in [0.3, 0.4) is 0 Å². The maximum absolute atomic E-state index is 13.0. The van der Waals surface area contributed by atoms with E-state index in [0.29, 0.717) is 5.52 Å². The number of carboxylic acid groups (broad SMARTS) is 1. The minimum Gasteiger partial charge on any atom is -0.493 e. The summed E-state index contributed by atoms with van der Waals surface area (Å²) in [5.41, 5.74) is -0.617. The second kappa shape index (κ2) is 8.21. The fraction of sp³-hybridized carbons (Fsp3) is 0.211. The standard InChI is InChI=1S/C19H16F3N3O4/c20-19(21,22)14-4-1-2-5-16(14)29-9-3-8-25-11-23-15-7-6-12(24-18(27)28)10-13(15)17(25)26/h1-2,4-7,10-11,24H,3,8-9H2,(H,27,28). The third kappa shape index (κ3) is 4.84. The summed E-state index contributed by atoms with van der Waals surface area (Å²) < 4.78 is 45.4. The summed E-state index contributed by atoms with van der Waals surface area (Å²) in [6.07, 6.45) is -4.17. The van der Waals surface area contributed by atoms with Gasteiger partial charge in [0.15, 0.2) is 0 Å². The Labute approximate surface area is 162 Å². The Hall–Kier alpha value is -3.56. The number of benzene rings is 2. The van der Waals surface area contributed by atoms with Gasteiger partial charge in [-0.25, -0.2) is 9.78 Å². The second-order valence-corrected chi connectivity index (χ2v) is 6.10. The number of fused-ring (bicyclic) bond motifs is 1. The average Bonchev–Trinajstić information content (AvgIpc) is 2.66. The molecular weight excluding hydrogens is 391 g/mol. The van der Waals surface area contributed by atoms with Gasteiger partial charge in [-0.3, -0.25) is 14.7 Å². The van der Waals surface area contributed by atoms with Crippen molar-refractivity contribution in [2.24, 2.45) is 0 Å². The minimum atomic E-state index is -4.52. The van der Waals surface area contributed by atoms with Crippen LogP contribution in [-0.4, -0.2) is 27.4 Å². The van der Waals surface area contributed by atoms with Gasteiger partial charge in [-0.05, 0) is 36.8 Å². The molecule has 3 rings (SSSR count). The smallest absolute Gasteiger partial charge is 0.419 e. The van der Waals surface area contributed by atoms with Crippen LogP contribution in [0.25, 0.3) is 10.9 Å². The summed E-state index contributed by atoms with van der Waals surface area (Å²) in [5.74, 6) is -0.270. The predicted octanol–water partition coefficient (Wildman–Crippen LogP) is 3.97. The number of aromatic nitrogens is 2. The quantitative estimate of drug-likeness (QED) is 0.603. The highest BCUT2D eigenvalue weighted by Gasteiger charge is 2.33. The molecule has 0 atom stereocenters. The van der Waals surface area contributed by atoms with Crippen LogP contribution in [0.2, 0.25) is 0 Å². The van der Waals surface area contributed by atoms with E-state index < -0.39 is 17.8 Å². The monoisotopic (exact) mass is 407 g/mol. The first-order valence-electron chi connectivity index (χ1n) is 8.54. The van der Waals surface area contributed by atoms with Crippen LogP contribution in [0, 0.1) is 0 Å². The topological polar surface area (TPSA) is 93.5 Å². The van der Waals surface area contributed by atoms with Gasteiger partial charge in [0.05, 0.1) is 29.4 Å². The molecule has 0 aliphatic heterocycles. The third-order valence-corrected chi connectivity index (χ3v) is 4.07. The van der Waals surface area contributed by atoms with Crippen molar-refractivity contribution in [2.45, 2.75) is 19.1 Å². The van der Waals surface area contributed by atoms with Crippen LogP contribution in [0.15, 0.2) is 53.6 Å². The molecule has 0 saturated carbocycles. The highest BCUT2D eigenvalue weighted by atomic mass is 19.4. The maximum Gasteiger partial charge on any atom is 0.419 e. The zero-order valence-electron chi connectivity index (χ0n) is 14.9. The fourth-order valence-corrected chi connectivity index (χ4v) is 2.76. The molecule has 0 radical (unpaired) electrons. The fourth-order valence-electron chi connectivity index (χ4n) is 2.76. The van der Waals surface area contributed by atoms with Gasteiger partial charge in [0, 0.05) is 12.2 Å². The maximum atomic E-state index is 13.0. The number of ether oxygens (including phenoxy) is 1. The minimum absolute atomic E-state index is 0.0296. The molecule has 0 aliphatic rings. The van der Waals surface area contributed by atoms with Crippen LogP contribution in [-0.2, 0) is 12.7 Å². The van der Waals surface area contributed by atoms with E-state index in [1.807, 2.05) is 0 Å². The highest BCUT2D eigenvalue weighted by molar-refractivity contribution is 5.88. The lowest BCUT2D eigenvalue weighted by atomic mass is 10.2. The molecule has 3 aromatic rings. The van der Waals surface area contributed by atoms with Gasteiger partial charge in [-0.2, -0.15) is 13.2 Å². The van der Waals surface area contributed by atoms with Gasteiger partial charge in [0.1, 0.15) is 5.75 Å². The van der Waals surface area contributed by atoms with Crippen molar-refractivity contribution < 1.29 is 27.8 Å². The second-order valence-electron chi connectivity index (χ2n) is 6.10. The highest BCUT2D eigenvalue weighted by Crippen LogP contribution is 2.35. The number of para-hydroxylation sites is 1. The Balaban J connectivity index is 1.69. The van der Waals surface area contributed by atoms with Crippen molar-refractivity contribution in [2.75, 3.05) is 11.9 Å². The van der Waals surface area contributed by atoms with E-state index >= 15 is 0 Å². The first-order valence-corrected chi connectivity index (χ1v) is 8.54. The summed E-state index contributed by atoms with van der Waals surface area (Å²) in [5, 5.41) is 11.2. The molecule has 2 N–H and O–H groups in total. The van der Waals surface area contributed by atoms with Crippen molar-refractivity contribution in [3.8, 4) is 5.75 Å². The lowest BCUT2D eigenvalue weighted by Crippen LogP contribution is -2.22. The summed E-state index contributed by atoms with van der Waals surface area (Å²) in [6, 6.07) is 9.29. The van der Waals surface area contributed by atoms with Crippen LogP contribution in [0.1, 0.15) is 12.0 Å². The van der Waals surface area contributed by atoms with E-state index in [1.54, 1.807) is 0 Å². The number of nitrogens with zero attached hydrogens (tertiary/aromatic N) is 2. The molecule has 0 fully saturated rings. The largest absolute Gasteiger partial charge is 0.493 e. The third-order valence-electron chi connectivity index (χ3n) is 4.07. The van der Waals surface area contributed by atoms with Crippen molar-refractivity contribution >= 4 is 22.7 Å². The van der Waals surface area contributed by atoms with Crippen LogP contribution in [0.4, 0.5) is 23.7 Å². The van der Waals surface area contributed by atoms with Gasteiger partial charge < -0.3 is 9.84 Å². The number of nitrogens with one attached hydrogen (secondary N) is 1. The molecule has 1 aromatic heterocycles. The van der Waals surface area contributed by atoms with Gasteiger partial charge in [-0.1, -0.05) is 12.1 Å². The number of hydrogen-bond donors (Lipinski definition) is 2. The number of anilines is 1. The Morgan fingerprint density at radius 1 is 1.21 bits per heavy atom. The van der Waals surface area contributed by atoms with Crippen LogP contribution in [0.5, 0.6) is 5.75 Å². The number of alkyl halides is 3. The van der Waals surface area contributed by atoms with E-state index in [2.05, 4.69) is 10.3 Å². The Kier molecular flexibility index (Phi) is 5.71. The number of carbonyl (C=O) groups is 1. The SMILES string of the molecule is O=C(O)Nc1ccc2ncn(CCCOc3ccccc3C(F)(F)F)c(=O)c2c1. The van der Waals surface area contributed by atoms with Crippen molar-refractivity contribution in [1.29, 1.82) is 0 Å². The summed E-state index contributed by atoms with van der Waals surface area (Å²) >= 11 is 0. The Morgan fingerprint density at radius 3 is 2.69 bits per heavy atom. The van der Waals surface area contributed by atoms with E-state index in [9.17, 15) is 22.8 Å². The summed E-state index contributed by atoms with van der Waals surface area (Å²) in [6.45, 7) is 0.144. The number of amides is 1. The molecule has 0 unspecified atom stereocenters. The van der Waals surface area contributed by atoms with E-state index in [4.69, 9.17) is 9.84 Å². The van der Waals surface area contributed by atoms with Gasteiger partial charge in [0.2, 0.25) is 0 Å². The molecular formula is C19H16F3N3O4. The first-order chi connectivity index (χ1) is 13.8. The van der Waals surface area contributed by atoms with E-state index in [-0.39, 0.29) is 42.0 Å². The number of halogens is 3. The predicted molar refractivity (Wildman–Crippen MR) is 99.2 cm³/mol. The lowest BCUT2D eigenvalue weighted by Gasteiger charge is -2.14. The van der Waals surface area contributed by atoms with Crippen LogP contribution < -0.4 is 15.6 Å². The van der Waals surface area contributed by atoms with Crippen LogP contribution >= 0.6 is 0 Å². The van der Waals surface area contributed by atoms with E-state index in [1.165, 1.54) is 47.3 Å². The molecule has 10 heteroatoms. The molecule has 1 amide bonds. The average molecular weight is 407 g/mol. The Morgan fingerprint density at radius 2 is 1.97 bits per heavy atom. The molecule has 2 aromatic carbocycles. The molecule has 7 nitrogen and oxygen atoms in total. The first kappa shape index (κ1) is 20.2.